The maximum absolute atomic E-state index is 13.0. The van der Waals surface area contributed by atoms with Gasteiger partial charge < -0.3 is 5.32 Å². The highest BCUT2D eigenvalue weighted by molar-refractivity contribution is 8.72. The summed E-state index contributed by atoms with van der Waals surface area (Å²) < 4.78 is 26.8. The molecule has 1 aromatic heterocycles. The zero-order valence-corrected chi connectivity index (χ0v) is 18.8. The van der Waals surface area contributed by atoms with E-state index in [4.69, 9.17) is 0 Å². The number of hydrogen-bond donors (Lipinski definition) is 1. The van der Waals surface area contributed by atoms with Gasteiger partial charge >= 0.3 is 0 Å². The second kappa shape index (κ2) is 7.50. The SMILES string of the molecule is CC(=O)Nc1nc2cc(C(C)(C)C)c(SS(=O)(=O)c3ccc(C)cc3)cc2s1. The number of amides is 1. The highest BCUT2D eigenvalue weighted by Crippen LogP contribution is 2.41. The van der Waals surface area contributed by atoms with Crippen LogP contribution in [0.2, 0.25) is 0 Å². The van der Waals surface area contributed by atoms with E-state index in [2.05, 4.69) is 10.3 Å². The van der Waals surface area contributed by atoms with Gasteiger partial charge in [-0.25, -0.2) is 13.4 Å². The van der Waals surface area contributed by atoms with Gasteiger partial charge in [-0.3, -0.25) is 4.79 Å². The van der Waals surface area contributed by atoms with Crippen LogP contribution in [-0.4, -0.2) is 19.3 Å². The predicted molar refractivity (Wildman–Crippen MR) is 117 cm³/mol. The van der Waals surface area contributed by atoms with Crippen LogP contribution in [0.3, 0.4) is 0 Å². The summed E-state index contributed by atoms with van der Waals surface area (Å²) in [6.45, 7) is 9.47. The summed E-state index contributed by atoms with van der Waals surface area (Å²) in [5.41, 5.74) is 2.39. The molecule has 3 rings (SSSR count). The quantitative estimate of drug-likeness (QED) is 0.561. The maximum Gasteiger partial charge on any atom is 0.234 e. The molecule has 3 aromatic rings. The van der Waals surface area contributed by atoms with E-state index < -0.39 is 8.87 Å². The number of nitrogens with one attached hydrogen (secondary N) is 1. The van der Waals surface area contributed by atoms with Crippen LogP contribution in [0.25, 0.3) is 10.2 Å². The monoisotopic (exact) mass is 434 g/mol. The minimum Gasteiger partial charge on any atom is -0.302 e. The number of hydrogen-bond acceptors (Lipinski definition) is 6. The van der Waals surface area contributed by atoms with E-state index in [0.717, 1.165) is 32.1 Å². The lowest BCUT2D eigenvalue weighted by Crippen LogP contribution is -2.13. The van der Waals surface area contributed by atoms with E-state index in [0.29, 0.717) is 10.0 Å². The first-order chi connectivity index (χ1) is 13.0. The van der Waals surface area contributed by atoms with Crippen LogP contribution < -0.4 is 5.32 Å². The molecule has 0 unspecified atom stereocenters. The molecule has 0 atom stereocenters. The number of benzene rings is 2. The Morgan fingerprint density at radius 2 is 1.79 bits per heavy atom. The van der Waals surface area contributed by atoms with Crippen LogP contribution in [0.5, 0.6) is 0 Å². The van der Waals surface area contributed by atoms with Crippen LogP contribution in [0.15, 0.2) is 46.2 Å². The standard InChI is InChI=1S/C20H22N2O3S3/c1-12-6-8-14(9-7-12)28(24,25)27-17-11-18-16(10-15(17)20(3,4)5)22-19(26-18)21-13(2)23/h6-11H,1-5H3,(H,21,22,23). The largest absolute Gasteiger partial charge is 0.302 e. The summed E-state index contributed by atoms with van der Waals surface area (Å²) in [4.78, 5) is 16.7. The second-order valence-corrected chi connectivity index (χ2v) is 12.5. The molecule has 2 aromatic carbocycles. The Kier molecular flexibility index (Phi) is 5.58. The van der Waals surface area contributed by atoms with E-state index in [1.807, 2.05) is 39.8 Å². The number of thiazole rings is 1. The van der Waals surface area contributed by atoms with Gasteiger partial charge in [-0.1, -0.05) is 49.8 Å². The lowest BCUT2D eigenvalue weighted by atomic mass is 9.87. The van der Waals surface area contributed by atoms with Gasteiger partial charge in [-0.2, -0.15) is 0 Å². The van der Waals surface area contributed by atoms with Crippen molar-refractivity contribution in [1.82, 2.24) is 4.98 Å². The van der Waals surface area contributed by atoms with E-state index in [1.165, 1.54) is 18.3 Å². The molecular formula is C20H22N2O3S3. The molecule has 28 heavy (non-hydrogen) atoms. The molecule has 0 radical (unpaired) electrons. The molecule has 148 valence electrons. The summed E-state index contributed by atoms with van der Waals surface area (Å²) in [6.07, 6.45) is 0. The highest BCUT2D eigenvalue weighted by Gasteiger charge is 2.25. The van der Waals surface area contributed by atoms with Gasteiger partial charge in [0.05, 0.1) is 15.1 Å². The minimum absolute atomic E-state index is 0.188. The number of carbonyl (C=O) groups is 1. The van der Waals surface area contributed by atoms with Crippen molar-refractivity contribution in [2.24, 2.45) is 0 Å². The summed E-state index contributed by atoms with van der Waals surface area (Å²) in [5, 5.41) is 3.20. The average Bonchev–Trinajstić information content (AvgIpc) is 2.93. The first-order valence-corrected chi connectivity index (χ1v) is 12.3. The minimum atomic E-state index is -3.56. The van der Waals surface area contributed by atoms with Gasteiger partial charge in [0.2, 0.25) is 14.8 Å². The molecule has 5 nitrogen and oxygen atoms in total. The third-order valence-corrected chi connectivity index (χ3v) is 8.38. The van der Waals surface area contributed by atoms with E-state index in [-0.39, 0.29) is 16.2 Å². The van der Waals surface area contributed by atoms with Gasteiger partial charge in [-0.15, -0.1) is 0 Å². The molecule has 1 amide bonds. The molecule has 0 bridgehead atoms. The second-order valence-electron chi connectivity index (χ2n) is 7.62. The van der Waals surface area contributed by atoms with Crippen molar-refractivity contribution >= 4 is 52.3 Å². The molecule has 0 aliphatic rings. The Balaban J connectivity index is 2.09. The fraction of sp³-hybridized carbons (Fsp3) is 0.300. The fourth-order valence-electron chi connectivity index (χ4n) is 2.69. The number of aryl methyl sites for hydroxylation is 1. The van der Waals surface area contributed by atoms with Crippen molar-refractivity contribution in [1.29, 1.82) is 0 Å². The smallest absolute Gasteiger partial charge is 0.234 e. The molecule has 0 saturated heterocycles. The molecule has 0 aliphatic heterocycles. The van der Waals surface area contributed by atoms with Gasteiger partial charge in [-0.05, 0) is 42.2 Å². The van der Waals surface area contributed by atoms with Crippen molar-refractivity contribution in [3.8, 4) is 0 Å². The van der Waals surface area contributed by atoms with Crippen molar-refractivity contribution in [2.45, 2.75) is 49.8 Å². The molecule has 1 N–H and O–H groups in total. The zero-order chi connectivity index (χ0) is 20.7. The Hall–Kier alpha value is -1.90. The number of rotatable bonds is 4. The number of aromatic nitrogens is 1. The number of carbonyl (C=O) groups excluding carboxylic acids is 1. The number of anilines is 1. The highest BCUT2D eigenvalue weighted by atomic mass is 33.1. The summed E-state index contributed by atoms with van der Waals surface area (Å²) >= 11 is 1.33. The first-order valence-electron chi connectivity index (χ1n) is 8.69. The Morgan fingerprint density at radius 1 is 1.14 bits per heavy atom. The van der Waals surface area contributed by atoms with Gasteiger partial charge in [0.15, 0.2) is 5.13 Å². The van der Waals surface area contributed by atoms with Gasteiger partial charge in [0, 0.05) is 22.6 Å². The lowest BCUT2D eigenvalue weighted by molar-refractivity contribution is -0.114. The molecule has 0 spiro atoms. The Bertz CT molecular complexity index is 1140. The Labute approximate surface area is 172 Å². The normalized spacial score (nSPS) is 12.3. The van der Waals surface area contributed by atoms with Crippen LogP contribution >= 0.6 is 22.1 Å². The molecule has 0 aliphatic carbocycles. The summed E-state index contributed by atoms with van der Waals surface area (Å²) in [6, 6.07) is 10.6. The summed E-state index contributed by atoms with van der Waals surface area (Å²) in [5.74, 6) is -0.188. The number of fused-ring (bicyclic) bond motifs is 1. The average molecular weight is 435 g/mol. The molecule has 0 fully saturated rings. The lowest BCUT2D eigenvalue weighted by Gasteiger charge is -2.22. The van der Waals surface area contributed by atoms with E-state index in [9.17, 15) is 13.2 Å². The van der Waals surface area contributed by atoms with Crippen LogP contribution in [0, 0.1) is 6.92 Å². The maximum atomic E-state index is 13.0. The van der Waals surface area contributed by atoms with Crippen LogP contribution in [0.1, 0.15) is 38.8 Å². The Morgan fingerprint density at radius 3 is 2.36 bits per heavy atom. The predicted octanol–water partition coefficient (Wildman–Crippen LogP) is 5.34. The topological polar surface area (TPSA) is 76.1 Å². The van der Waals surface area contributed by atoms with Crippen LogP contribution in [-0.2, 0) is 19.1 Å². The number of nitrogens with zero attached hydrogens (tertiary/aromatic N) is 1. The fourth-order valence-corrected chi connectivity index (χ4v) is 6.86. The van der Waals surface area contributed by atoms with Crippen LogP contribution in [0.4, 0.5) is 5.13 Å². The van der Waals surface area contributed by atoms with Gasteiger partial charge in [0.25, 0.3) is 0 Å². The van der Waals surface area contributed by atoms with E-state index >= 15 is 0 Å². The third kappa shape index (κ3) is 4.56. The molecule has 8 heteroatoms. The van der Waals surface area contributed by atoms with Crippen molar-refractivity contribution in [3.63, 3.8) is 0 Å². The van der Waals surface area contributed by atoms with Crippen molar-refractivity contribution in [3.05, 3.63) is 47.5 Å². The first kappa shape index (κ1) is 20.8. The molecule has 0 saturated carbocycles. The van der Waals surface area contributed by atoms with E-state index in [1.54, 1.807) is 24.3 Å². The zero-order valence-electron chi connectivity index (χ0n) is 16.4. The molecular weight excluding hydrogens is 412 g/mol. The van der Waals surface area contributed by atoms with Crippen molar-refractivity contribution < 1.29 is 13.2 Å². The summed E-state index contributed by atoms with van der Waals surface area (Å²) in [7, 11) is -2.70. The van der Waals surface area contributed by atoms with Gasteiger partial charge in [0.1, 0.15) is 0 Å². The molecule has 1 heterocycles. The third-order valence-electron chi connectivity index (χ3n) is 4.09. The van der Waals surface area contributed by atoms with Crippen molar-refractivity contribution in [2.75, 3.05) is 5.32 Å².